The third-order valence-corrected chi connectivity index (χ3v) is 1.77. The fourth-order valence-electron chi connectivity index (χ4n) is 0.429. The van der Waals surface area contributed by atoms with Crippen molar-refractivity contribution in [1.82, 2.24) is 8.96 Å². The molecule has 0 saturated heterocycles. The molecule has 0 bridgehead atoms. The number of rotatable bonds is 1. The molecule has 0 aliphatic carbocycles. The molecule has 5 nitrogen and oxygen atoms in total. The molecule has 0 atom stereocenters. The number of hydrogen-bond acceptors (Lipinski definition) is 4. The van der Waals surface area contributed by atoms with Crippen LogP contribution < -0.4 is 0 Å². The second kappa shape index (κ2) is 2.26. The van der Waals surface area contributed by atoms with Crippen molar-refractivity contribution >= 4 is 22.9 Å². The van der Waals surface area contributed by atoms with Gasteiger partial charge in [0.1, 0.15) is 6.33 Å². The van der Waals surface area contributed by atoms with E-state index in [-0.39, 0.29) is 0 Å². The van der Waals surface area contributed by atoms with Crippen LogP contribution in [0.5, 0.6) is 0 Å². The van der Waals surface area contributed by atoms with Crippen LogP contribution >= 0.6 is 12.8 Å². The van der Waals surface area contributed by atoms with Crippen molar-refractivity contribution in [3.05, 3.63) is 12.5 Å². The molecular formula is C3H4N2O3S2. The van der Waals surface area contributed by atoms with Crippen LogP contribution in [0, 0.1) is 0 Å². The first-order valence-corrected chi connectivity index (χ1v) is 4.05. The average Bonchev–Trinajstić information content (AvgIpc) is 2.11. The van der Waals surface area contributed by atoms with E-state index in [0.29, 0.717) is 0 Å². The first kappa shape index (κ1) is 7.58. The van der Waals surface area contributed by atoms with Gasteiger partial charge in [-0.2, -0.15) is 8.42 Å². The van der Waals surface area contributed by atoms with Crippen molar-refractivity contribution < 1.29 is 13.0 Å². The van der Waals surface area contributed by atoms with E-state index in [4.69, 9.17) is 4.55 Å². The zero-order chi connectivity index (χ0) is 7.78. The van der Waals surface area contributed by atoms with E-state index in [2.05, 4.69) is 17.8 Å². The number of aromatic nitrogens is 2. The van der Waals surface area contributed by atoms with Crippen molar-refractivity contribution in [2.24, 2.45) is 0 Å². The molecule has 0 saturated carbocycles. The van der Waals surface area contributed by atoms with Crippen LogP contribution in [-0.4, -0.2) is 21.9 Å². The van der Waals surface area contributed by atoms with Gasteiger partial charge in [0.25, 0.3) is 0 Å². The molecule has 1 aromatic heterocycles. The Bertz CT molecular complexity index is 327. The Kier molecular flexibility index (Phi) is 1.71. The van der Waals surface area contributed by atoms with Gasteiger partial charge in [0, 0.05) is 0 Å². The summed E-state index contributed by atoms with van der Waals surface area (Å²) in [5.41, 5.74) is 0. The summed E-state index contributed by atoms with van der Waals surface area (Å²) in [6.07, 6.45) is 2.24. The third-order valence-electron chi connectivity index (χ3n) is 0.810. The molecule has 7 heteroatoms. The largest absolute Gasteiger partial charge is 0.313 e. The highest BCUT2D eigenvalue weighted by Gasteiger charge is 2.11. The van der Waals surface area contributed by atoms with Gasteiger partial charge in [-0.15, -0.1) is 0 Å². The van der Waals surface area contributed by atoms with Crippen LogP contribution in [0.2, 0.25) is 0 Å². The van der Waals surface area contributed by atoms with E-state index in [1.807, 2.05) is 0 Å². The maximum Gasteiger partial charge on any atom is 0.313 e. The average molecular weight is 180 g/mol. The van der Waals surface area contributed by atoms with Gasteiger partial charge in [-0.3, -0.25) is 8.53 Å². The van der Waals surface area contributed by atoms with Gasteiger partial charge in [-0.25, -0.2) is 4.98 Å². The maximum atomic E-state index is 10.3. The van der Waals surface area contributed by atoms with Gasteiger partial charge in [0.15, 0.2) is 0 Å². The highest BCUT2D eigenvalue weighted by Crippen LogP contribution is 2.03. The molecule has 0 aliphatic rings. The molecule has 0 spiro atoms. The zero-order valence-corrected chi connectivity index (χ0v) is 6.38. The second-order valence-electron chi connectivity index (χ2n) is 1.57. The molecule has 0 unspecified atom stereocenters. The molecule has 56 valence electrons. The summed E-state index contributed by atoms with van der Waals surface area (Å²) in [6.45, 7) is 0. The maximum absolute atomic E-state index is 10.3. The molecule has 1 aromatic rings. The molecule has 1 N–H and O–H groups in total. The van der Waals surface area contributed by atoms with Crippen molar-refractivity contribution in [2.75, 3.05) is 0 Å². The van der Waals surface area contributed by atoms with Crippen molar-refractivity contribution in [1.29, 1.82) is 0 Å². The van der Waals surface area contributed by atoms with Crippen LogP contribution in [0.25, 0.3) is 0 Å². The van der Waals surface area contributed by atoms with Crippen LogP contribution in [0.1, 0.15) is 0 Å². The van der Waals surface area contributed by atoms with E-state index in [9.17, 15) is 8.42 Å². The summed E-state index contributed by atoms with van der Waals surface area (Å²) in [6, 6.07) is 0. The second-order valence-corrected chi connectivity index (χ2v) is 3.40. The van der Waals surface area contributed by atoms with E-state index in [0.717, 1.165) is 16.5 Å². The van der Waals surface area contributed by atoms with Gasteiger partial charge >= 0.3 is 10.1 Å². The Morgan fingerprint density at radius 2 is 2.30 bits per heavy atom. The minimum Gasteiger partial charge on any atom is -0.281 e. The Labute approximate surface area is 63.0 Å². The fraction of sp³-hybridized carbons (Fsp3) is 0. The number of thiol groups is 1. The summed E-state index contributed by atoms with van der Waals surface area (Å²) < 4.78 is 30.1. The number of hydrogen-bond donors (Lipinski definition) is 2. The predicted molar refractivity (Wildman–Crippen MR) is 36.4 cm³/mol. The summed E-state index contributed by atoms with van der Waals surface area (Å²) in [7, 11) is -4.16. The lowest BCUT2D eigenvalue weighted by molar-refractivity contribution is 0.480. The summed E-state index contributed by atoms with van der Waals surface area (Å²) >= 11 is 3.72. The first-order valence-electron chi connectivity index (χ1n) is 2.21. The SMILES string of the molecule is O=S(=O)(O)c1cn(S)cn1. The summed E-state index contributed by atoms with van der Waals surface area (Å²) in [5, 5.41) is -0.400. The third kappa shape index (κ3) is 1.49. The lowest BCUT2D eigenvalue weighted by Crippen LogP contribution is -1.97. The molecule has 1 heterocycles. The molecule has 1 rings (SSSR count). The van der Waals surface area contributed by atoms with E-state index >= 15 is 0 Å². The van der Waals surface area contributed by atoms with Crippen LogP contribution in [-0.2, 0) is 10.1 Å². The highest BCUT2D eigenvalue weighted by atomic mass is 32.2. The van der Waals surface area contributed by atoms with Crippen molar-refractivity contribution in [3.63, 3.8) is 0 Å². The Morgan fingerprint density at radius 1 is 1.70 bits per heavy atom. The van der Waals surface area contributed by atoms with Gasteiger partial charge in [0.05, 0.1) is 6.20 Å². The Hall–Kier alpha value is -0.530. The minimum atomic E-state index is -4.16. The fourth-order valence-corrected chi connectivity index (χ4v) is 1.10. The number of nitrogens with zero attached hydrogens (tertiary/aromatic N) is 2. The quantitative estimate of drug-likeness (QED) is 0.464. The predicted octanol–water partition coefficient (Wildman–Crippen LogP) is -0.177. The van der Waals surface area contributed by atoms with Crippen LogP contribution in [0.3, 0.4) is 0 Å². The monoisotopic (exact) mass is 180 g/mol. The standard InChI is InChI=1S/C3H4N2O3S2/c6-10(7,8)3-1-5(9)2-4-3/h1-2,9H,(H,6,7,8). The molecule has 0 fully saturated rings. The van der Waals surface area contributed by atoms with Crippen molar-refractivity contribution in [3.8, 4) is 0 Å². The van der Waals surface area contributed by atoms with Gasteiger partial charge in [-0.05, 0) is 0 Å². The molecular weight excluding hydrogens is 176 g/mol. The highest BCUT2D eigenvalue weighted by molar-refractivity contribution is 7.85. The molecule has 0 amide bonds. The number of imidazole rings is 1. The molecule has 0 aliphatic heterocycles. The zero-order valence-electron chi connectivity index (χ0n) is 4.67. The summed E-state index contributed by atoms with van der Waals surface area (Å²) in [4.78, 5) is 3.34. The van der Waals surface area contributed by atoms with Gasteiger partial charge < -0.3 is 0 Å². The van der Waals surface area contributed by atoms with Crippen LogP contribution in [0.4, 0.5) is 0 Å². The van der Waals surface area contributed by atoms with E-state index in [1.54, 1.807) is 0 Å². The van der Waals surface area contributed by atoms with E-state index < -0.39 is 15.1 Å². The lowest BCUT2D eigenvalue weighted by atomic mass is 11.0. The Morgan fingerprint density at radius 3 is 2.50 bits per heavy atom. The topological polar surface area (TPSA) is 72.2 Å². The van der Waals surface area contributed by atoms with E-state index in [1.165, 1.54) is 0 Å². The first-order chi connectivity index (χ1) is 4.50. The molecule has 0 radical (unpaired) electrons. The smallest absolute Gasteiger partial charge is 0.281 e. The normalized spacial score (nSPS) is 11.8. The minimum absolute atomic E-state index is 0.400. The van der Waals surface area contributed by atoms with Crippen LogP contribution in [0.15, 0.2) is 17.6 Å². The molecule has 0 aromatic carbocycles. The Balaban J connectivity index is 3.21. The lowest BCUT2D eigenvalue weighted by Gasteiger charge is -1.84. The van der Waals surface area contributed by atoms with Crippen molar-refractivity contribution in [2.45, 2.75) is 5.03 Å². The molecule has 10 heavy (non-hydrogen) atoms. The van der Waals surface area contributed by atoms with Gasteiger partial charge in [0.2, 0.25) is 5.03 Å². The summed E-state index contributed by atoms with van der Waals surface area (Å²) in [5.74, 6) is 0. The van der Waals surface area contributed by atoms with Gasteiger partial charge in [-0.1, -0.05) is 12.8 Å².